The molecule has 8 nitrogen and oxygen atoms in total. The number of hydrogen-bond donors (Lipinski definition) is 2. The van der Waals surface area contributed by atoms with Gasteiger partial charge in [-0.1, -0.05) is 0 Å². The molecule has 3 aromatic rings. The van der Waals surface area contributed by atoms with Crippen LogP contribution in [0, 0.1) is 20.8 Å². The van der Waals surface area contributed by atoms with E-state index >= 15 is 0 Å². The number of nitrogens with zero attached hydrogens (tertiary/aromatic N) is 4. The normalized spacial score (nSPS) is 12.0. The Balaban J connectivity index is 1.59. The first kappa shape index (κ1) is 16.8. The van der Waals surface area contributed by atoms with Gasteiger partial charge in [-0.2, -0.15) is 4.52 Å². The van der Waals surface area contributed by atoms with Crippen LogP contribution in [0.15, 0.2) is 23.1 Å². The Morgan fingerprint density at radius 2 is 1.96 bits per heavy atom. The van der Waals surface area contributed by atoms with E-state index in [1.807, 2.05) is 20.8 Å². The Morgan fingerprint density at radius 1 is 1.17 bits per heavy atom. The van der Waals surface area contributed by atoms with E-state index in [0.29, 0.717) is 28.7 Å². The van der Waals surface area contributed by atoms with Crippen LogP contribution in [0.25, 0.3) is 5.65 Å². The van der Waals surface area contributed by atoms with Crippen LogP contribution in [0.3, 0.4) is 0 Å². The van der Waals surface area contributed by atoms with E-state index in [1.165, 1.54) is 11.3 Å². The van der Waals surface area contributed by atoms with E-state index < -0.39 is 10.0 Å². The van der Waals surface area contributed by atoms with Gasteiger partial charge in [0.1, 0.15) is 5.82 Å². The molecule has 3 aromatic heterocycles. The predicted molar refractivity (Wildman–Crippen MR) is 93.0 cm³/mol. The van der Waals surface area contributed by atoms with Crippen LogP contribution in [-0.2, 0) is 10.0 Å². The van der Waals surface area contributed by atoms with Gasteiger partial charge in [0.2, 0.25) is 10.0 Å². The maximum absolute atomic E-state index is 12.3. The largest absolute Gasteiger partial charge is 0.367 e. The number of thiophene rings is 1. The summed E-state index contributed by atoms with van der Waals surface area (Å²) in [4.78, 5) is 2.13. The number of nitrogens with one attached hydrogen (secondary N) is 2. The van der Waals surface area contributed by atoms with Gasteiger partial charge in [0.05, 0.1) is 4.90 Å². The number of hydrogen-bond acceptors (Lipinski definition) is 7. The van der Waals surface area contributed by atoms with Crippen molar-refractivity contribution in [2.45, 2.75) is 25.7 Å². The van der Waals surface area contributed by atoms with Gasteiger partial charge in [-0.3, -0.25) is 0 Å². The lowest BCUT2D eigenvalue weighted by Crippen LogP contribution is -2.29. The summed E-state index contributed by atoms with van der Waals surface area (Å²) in [6.45, 7) is 6.20. The summed E-state index contributed by atoms with van der Waals surface area (Å²) in [6, 6.07) is 5.28. The first-order chi connectivity index (χ1) is 11.4. The number of anilines is 1. The third-order valence-electron chi connectivity index (χ3n) is 3.43. The smallest absolute Gasteiger partial charge is 0.241 e. The fraction of sp³-hybridized carbons (Fsp3) is 0.357. The molecule has 0 amide bonds. The zero-order valence-electron chi connectivity index (χ0n) is 13.6. The molecule has 128 valence electrons. The highest BCUT2D eigenvalue weighted by Crippen LogP contribution is 2.24. The third-order valence-corrected chi connectivity index (χ3v) is 6.11. The van der Waals surface area contributed by atoms with E-state index in [1.54, 1.807) is 22.7 Å². The molecule has 0 saturated carbocycles. The van der Waals surface area contributed by atoms with Gasteiger partial charge in [0.25, 0.3) is 0 Å². The Kier molecular flexibility index (Phi) is 4.52. The maximum Gasteiger partial charge on any atom is 0.241 e. The van der Waals surface area contributed by atoms with Crippen LogP contribution in [0.2, 0.25) is 0 Å². The summed E-state index contributed by atoms with van der Waals surface area (Å²) in [5, 5.41) is 15.3. The van der Waals surface area contributed by atoms with Crippen molar-refractivity contribution >= 4 is 32.8 Å². The Labute approximate surface area is 144 Å². The molecule has 0 bridgehead atoms. The predicted octanol–water partition coefficient (Wildman–Crippen LogP) is 1.50. The highest BCUT2D eigenvalue weighted by molar-refractivity contribution is 7.89. The van der Waals surface area contributed by atoms with Crippen molar-refractivity contribution in [2.24, 2.45) is 0 Å². The average Bonchev–Trinajstić information content (AvgIpc) is 3.07. The van der Waals surface area contributed by atoms with Crippen LogP contribution in [-0.4, -0.2) is 41.3 Å². The molecule has 10 heteroatoms. The first-order valence-electron chi connectivity index (χ1n) is 7.36. The van der Waals surface area contributed by atoms with Crippen LogP contribution >= 0.6 is 11.3 Å². The molecule has 0 aliphatic carbocycles. The highest BCUT2D eigenvalue weighted by atomic mass is 32.2. The van der Waals surface area contributed by atoms with Crippen molar-refractivity contribution in [3.8, 4) is 0 Å². The van der Waals surface area contributed by atoms with Crippen LogP contribution in [0.4, 0.5) is 5.82 Å². The molecule has 3 heterocycles. The summed E-state index contributed by atoms with van der Waals surface area (Å²) < 4.78 is 28.8. The topological polar surface area (TPSA) is 101 Å². The van der Waals surface area contributed by atoms with Crippen LogP contribution < -0.4 is 10.0 Å². The number of sulfonamides is 1. The number of aryl methyl sites for hydroxylation is 3. The summed E-state index contributed by atoms with van der Waals surface area (Å²) >= 11 is 1.48. The quantitative estimate of drug-likeness (QED) is 0.641. The zero-order valence-corrected chi connectivity index (χ0v) is 15.2. The summed E-state index contributed by atoms with van der Waals surface area (Å²) in [5.74, 6) is 1.32. The molecule has 0 atom stereocenters. The standard InChI is InChI=1S/C14H18N6O2S2/c1-9-8-12(10(2)23-9)24(21,22)16-7-6-15-13-4-5-14-18-17-11(3)20(14)19-13/h4-5,8,16H,6-7H2,1-3H3,(H,15,19). The monoisotopic (exact) mass is 366 g/mol. The van der Waals surface area contributed by atoms with Gasteiger partial charge < -0.3 is 5.32 Å². The van der Waals surface area contributed by atoms with E-state index in [0.717, 1.165) is 9.75 Å². The molecule has 0 radical (unpaired) electrons. The minimum Gasteiger partial charge on any atom is -0.367 e. The molecule has 0 unspecified atom stereocenters. The molecule has 3 rings (SSSR count). The number of rotatable bonds is 6. The molecule has 24 heavy (non-hydrogen) atoms. The van der Waals surface area contributed by atoms with E-state index in [-0.39, 0.29) is 6.54 Å². The van der Waals surface area contributed by atoms with E-state index in [2.05, 4.69) is 25.3 Å². The SMILES string of the molecule is Cc1cc(S(=O)(=O)NCCNc2ccc3nnc(C)n3n2)c(C)s1. The second-order valence-electron chi connectivity index (χ2n) is 5.34. The fourth-order valence-electron chi connectivity index (χ4n) is 2.32. The lowest BCUT2D eigenvalue weighted by atomic mass is 10.4. The summed E-state index contributed by atoms with van der Waals surface area (Å²) in [6.07, 6.45) is 0. The third kappa shape index (κ3) is 3.40. The molecule has 0 spiro atoms. The number of aromatic nitrogens is 4. The van der Waals surface area contributed by atoms with Crippen molar-refractivity contribution in [2.75, 3.05) is 18.4 Å². The fourth-order valence-corrected chi connectivity index (χ4v) is 4.90. The minimum atomic E-state index is -3.48. The summed E-state index contributed by atoms with van der Waals surface area (Å²) in [7, 11) is -3.48. The molecular formula is C14H18N6O2S2. The second-order valence-corrected chi connectivity index (χ2v) is 8.53. The number of fused-ring (bicyclic) bond motifs is 1. The van der Waals surface area contributed by atoms with E-state index in [4.69, 9.17) is 0 Å². The van der Waals surface area contributed by atoms with E-state index in [9.17, 15) is 8.42 Å². The minimum absolute atomic E-state index is 0.261. The molecular weight excluding hydrogens is 348 g/mol. The van der Waals surface area contributed by atoms with Gasteiger partial charge in [0.15, 0.2) is 11.5 Å². The molecule has 2 N–H and O–H groups in total. The lowest BCUT2D eigenvalue weighted by molar-refractivity contribution is 0.582. The average molecular weight is 366 g/mol. The second kappa shape index (κ2) is 6.46. The van der Waals surface area contributed by atoms with Crippen LogP contribution in [0.1, 0.15) is 15.6 Å². The highest BCUT2D eigenvalue weighted by Gasteiger charge is 2.18. The summed E-state index contributed by atoms with van der Waals surface area (Å²) in [5.41, 5.74) is 0.669. The van der Waals surface area contributed by atoms with Crippen molar-refractivity contribution in [3.63, 3.8) is 0 Å². The van der Waals surface area contributed by atoms with Gasteiger partial charge >= 0.3 is 0 Å². The molecule has 0 aromatic carbocycles. The van der Waals surface area contributed by atoms with Gasteiger partial charge in [-0.25, -0.2) is 13.1 Å². The van der Waals surface area contributed by atoms with Crippen molar-refractivity contribution in [1.29, 1.82) is 0 Å². The Bertz CT molecular complexity index is 976. The maximum atomic E-state index is 12.3. The molecule has 0 fully saturated rings. The molecule has 0 saturated heterocycles. The van der Waals surface area contributed by atoms with Gasteiger partial charge in [-0.15, -0.1) is 26.6 Å². The van der Waals surface area contributed by atoms with Crippen molar-refractivity contribution < 1.29 is 8.42 Å². The van der Waals surface area contributed by atoms with Crippen molar-refractivity contribution in [1.82, 2.24) is 24.5 Å². The molecule has 0 aliphatic heterocycles. The lowest BCUT2D eigenvalue weighted by Gasteiger charge is -2.08. The Hall–Kier alpha value is -2.04. The van der Waals surface area contributed by atoms with Crippen LogP contribution in [0.5, 0.6) is 0 Å². The van der Waals surface area contributed by atoms with Gasteiger partial charge in [-0.05, 0) is 39.0 Å². The Morgan fingerprint density at radius 3 is 2.67 bits per heavy atom. The van der Waals surface area contributed by atoms with Gasteiger partial charge in [0, 0.05) is 22.8 Å². The zero-order chi connectivity index (χ0) is 17.3. The first-order valence-corrected chi connectivity index (χ1v) is 9.66. The van der Waals surface area contributed by atoms with Crippen molar-refractivity contribution in [3.05, 3.63) is 33.8 Å². The molecule has 0 aliphatic rings.